The van der Waals surface area contributed by atoms with E-state index in [2.05, 4.69) is 5.32 Å². The zero-order valence-electron chi connectivity index (χ0n) is 11.4. The van der Waals surface area contributed by atoms with Gasteiger partial charge in [-0.25, -0.2) is 0 Å². The van der Waals surface area contributed by atoms with Crippen LogP contribution in [-0.2, 0) is 9.59 Å². The largest absolute Gasteiger partial charge is 0.425 e. The lowest BCUT2D eigenvalue weighted by Gasteiger charge is -2.23. The molecule has 1 aromatic rings. The number of amides is 2. The molecule has 2 fully saturated rings. The van der Waals surface area contributed by atoms with E-state index < -0.39 is 11.1 Å². The maximum Gasteiger partial charge on any atom is 0.314 e. The molecule has 1 saturated carbocycles. The molecule has 0 unspecified atom stereocenters. The fraction of sp³-hybridized carbons (Fsp3) is 0.267. The van der Waals surface area contributed by atoms with Crippen LogP contribution >= 0.6 is 23.4 Å². The average molecular weight is 338 g/mol. The van der Waals surface area contributed by atoms with E-state index in [0.29, 0.717) is 5.56 Å². The minimum atomic E-state index is -0.456. The van der Waals surface area contributed by atoms with Gasteiger partial charge in [0.15, 0.2) is 0 Å². The number of thioether (sulfide) groups is 1. The van der Waals surface area contributed by atoms with Gasteiger partial charge >= 0.3 is 5.97 Å². The van der Waals surface area contributed by atoms with Gasteiger partial charge in [-0.15, -0.1) is 0 Å². The van der Waals surface area contributed by atoms with Gasteiger partial charge in [-0.2, -0.15) is 0 Å². The third-order valence-electron chi connectivity index (χ3n) is 3.57. The summed E-state index contributed by atoms with van der Waals surface area (Å²) < 4.78 is 5.33. The number of hydrogen-bond donors (Lipinski definition) is 1. The molecule has 1 heterocycles. The number of esters is 1. The topological polar surface area (TPSA) is 72.5 Å². The molecule has 3 rings (SSSR count). The van der Waals surface area contributed by atoms with E-state index in [1.54, 1.807) is 18.2 Å². The van der Waals surface area contributed by atoms with Gasteiger partial charge in [-0.1, -0.05) is 30.2 Å². The molecule has 2 amide bonds. The Morgan fingerprint density at radius 1 is 1.36 bits per heavy atom. The number of ether oxygens (including phenoxy) is 1. The highest BCUT2D eigenvalue weighted by Crippen LogP contribution is 2.34. The molecular formula is C15H12ClNO4S. The zero-order valence-corrected chi connectivity index (χ0v) is 13.0. The number of benzene rings is 1. The first-order valence-electron chi connectivity index (χ1n) is 6.79. The highest BCUT2D eigenvalue weighted by atomic mass is 35.5. The number of hydrogen-bond acceptors (Lipinski definition) is 5. The molecule has 5 nitrogen and oxygen atoms in total. The van der Waals surface area contributed by atoms with Crippen molar-refractivity contribution in [2.45, 2.75) is 19.3 Å². The maximum absolute atomic E-state index is 11.9. The van der Waals surface area contributed by atoms with E-state index in [1.165, 1.54) is 6.08 Å². The third-order valence-corrected chi connectivity index (χ3v) is 4.79. The van der Waals surface area contributed by atoms with Crippen molar-refractivity contribution >= 4 is 46.6 Å². The van der Waals surface area contributed by atoms with E-state index in [4.69, 9.17) is 16.3 Å². The van der Waals surface area contributed by atoms with Gasteiger partial charge in [0, 0.05) is 0 Å². The molecule has 1 aliphatic carbocycles. The summed E-state index contributed by atoms with van der Waals surface area (Å²) in [6, 6.07) is 4.97. The predicted molar refractivity (Wildman–Crippen MR) is 83.5 cm³/mol. The Morgan fingerprint density at radius 2 is 2.14 bits per heavy atom. The lowest BCUT2D eigenvalue weighted by atomic mass is 9.86. The second kappa shape index (κ2) is 6.14. The van der Waals surface area contributed by atoms with Gasteiger partial charge in [0.05, 0.1) is 15.8 Å². The highest BCUT2D eigenvalue weighted by Gasteiger charge is 2.28. The van der Waals surface area contributed by atoms with Gasteiger partial charge in [-0.3, -0.25) is 19.7 Å². The summed E-state index contributed by atoms with van der Waals surface area (Å²) >= 11 is 7.04. The van der Waals surface area contributed by atoms with E-state index >= 15 is 0 Å². The molecule has 0 aromatic heterocycles. The second-order valence-corrected chi connectivity index (χ2v) is 6.45. The quantitative estimate of drug-likeness (QED) is 0.520. The molecule has 1 aliphatic heterocycles. The Bertz CT molecular complexity index is 697. The summed E-state index contributed by atoms with van der Waals surface area (Å²) in [6.07, 6.45) is 4.24. The Hall–Kier alpha value is -1.79. The predicted octanol–water partition coefficient (Wildman–Crippen LogP) is 3.37. The number of carbonyl (C=O) groups is 3. The molecule has 7 heteroatoms. The van der Waals surface area contributed by atoms with Crippen molar-refractivity contribution in [1.29, 1.82) is 0 Å². The van der Waals surface area contributed by atoms with Crippen LogP contribution in [0.2, 0.25) is 5.02 Å². The summed E-state index contributed by atoms with van der Waals surface area (Å²) in [7, 11) is 0. The molecule has 1 aromatic carbocycles. The van der Waals surface area contributed by atoms with Gasteiger partial charge in [-0.05, 0) is 42.3 Å². The minimum Gasteiger partial charge on any atom is -0.425 e. The number of nitrogens with one attached hydrogen (secondary N) is 1. The molecule has 114 valence electrons. The second-order valence-electron chi connectivity index (χ2n) is 5.06. The number of halogens is 1. The highest BCUT2D eigenvalue weighted by molar-refractivity contribution is 8.18. The fourth-order valence-electron chi connectivity index (χ4n) is 2.12. The Balaban J connectivity index is 1.82. The van der Waals surface area contributed by atoms with Crippen LogP contribution in [0.25, 0.3) is 6.08 Å². The lowest BCUT2D eigenvalue weighted by molar-refractivity contribution is -0.141. The first-order valence-corrected chi connectivity index (χ1v) is 7.99. The van der Waals surface area contributed by atoms with Gasteiger partial charge in [0.25, 0.3) is 11.1 Å². The Labute approximate surface area is 136 Å². The van der Waals surface area contributed by atoms with Gasteiger partial charge in [0.2, 0.25) is 0 Å². The van der Waals surface area contributed by atoms with Gasteiger partial charge < -0.3 is 4.74 Å². The number of imide groups is 1. The van der Waals surface area contributed by atoms with Crippen LogP contribution < -0.4 is 10.1 Å². The standard InChI is InChI=1S/C15H12ClNO4S/c16-12-9(7-11-13(18)17-15(20)22-11)5-2-6-10(12)21-14(19)8-3-1-4-8/h2,5-8H,1,3-4H2,(H,17,18,20). The molecule has 0 bridgehead atoms. The Kier molecular flexibility index (Phi) is 4.22. The van der Waals surface area contributed by atoms with Crippen LogP contribution in [0.3, 0.4) is 0 Å². The van der Waals surface area contributed by atoms with Crippen LogP contribution in [0.15, 0.2) is 23.1 Å². The molecule has 0 spiro atoms. The van der Waals surface area contributed by atoms with Crippen LogP contribution in [0.4, 0.5) is 4.79 Å². The van der Waals surface area contributed by atoms with E-state index in [9.17, 15) is 14.4 Å². The van der Waals surface area contributed by atoms with E-state index in [0.717, 1.165) is 31.0 Å². The van der Waals surface area contributed by atoms with Crippen molar-refractivity contribution in [1.82, 2.24) is 5.32 Å². The summed E-state index contributed by atoms with van der Waals surface area (Å²) in [6.45, 7) is 0. The molecule has 1 N–H and O–H groups in total. The first kappa shape index (κ1) is 15.1. The van der Waals surface area contributed by atoms with Crippen molar-refractivity contribution in [3.05, 3.63) is 33.7 Å². The lowest BCUT2D eigenvalue weighted by Crippen LogP contribution is -2.26. The third kappa shape index (κ3) is 3.03. The molecule has 2 aliphatic rings. The number of rotatable bonds is 3. The monoisotopic (exact) mass is 337 g/mol. The van der Waals surface area contributed by atoms with Crippen molar-refractivity contribution < 1.29 is 19.1 Å². The summed E-state index contributed by atoms with van der Waals surface area (Å²) in [4.78, 5) is 34.9. The SMILES string of the molecule is O=C1NC(=O)C(=Cc2cccc(OC(=O)C3CCC3)c2Cl)S1. The van der Waals surface area contributed by atoms with Crippen molar-refractivity contribution in [2.24, 2.45) is 5.92 Å². The van der Waals surface area contributed by atoms with Crippen LogP contribution in [0.5, 0.6) is 5.75 Å². The summed E-state index contributed by atoms with van der Waals surface area (Å²) in [5, 5.41) is 2.00. The van der Waals surface area contributed by atoms with Crippen LogP contribution in [0.1, 0.15) is 24.8 Å². The van der Waals surface area contributed by atoms with Crippen molar-refractivity contribution in [3.8, 4) is 5.75 Å². The molecule has 0 radical (unpaired) electrons. The Morgan fingerprint density at radius 3 is 2.73 bits per heavy atom. The number of carbonyl (C=O) groups excluding carboxylic acids is 3. The molecule has 0 atom stereocenters. The smallest absolute Gasteiger partial charge is 0.314 e. The molecule has 1 saturated heterocycles. The van der Waals surface area contributed by atoms with Crippen LogP contribution in [-0.4, -0.2) is 17.1 Å². The summed E-state index contributed by atoms with van der Waals surface area (Å²) in [5.74, 6) is -0.515. The first-order chi connectivity index (χ1) is 10.5. The van der Waals surface area contributed by atoms with Gasteiger partial charge in [0.1, 0.15) is 5.75 Å². The normalized spacial score (nSPS) is 20.0. The van der Waals surface area contributed by atoms with Crippen LogP contribution in [0, 0.1) is 5.92 Å². The molecular weight excluding hydrogens is 326 g/mol. The van der Waals surface area contributed by atoms with E-state index in [-0.39, 0.29) is 27.6 Å². The summed E-state index contributed by atoms with van der Waals surface area (Å²) in [5.41, 5.74) is 0.521. The van der Waals surface area contributed by atoms with E-state index in [1.807, 2.05) is 0 Å². The molecule has 22 heavy (non-hydrogen) atoms. The fourth-order valence-corrected chi connectivity index (χ4v) is 3.01. The van der Waals surface area contributed by atoms with Crippen molar-refractivity contribution in [2.75, 3.05) is 0 Å². The average Bonchev–Trinajstić information content (AvgIpc) is 2.70. The minimum absolute atomic E-state index is 0.0492. The van der Waals surface area contributed by atoms with Crippen molar-refractivity contribution in [3.63, 3.8) is 0 Å². The maximum atomic E-state index is 11.9. The zero-order chi connectivity index (χ0) is 15.7.